The van der Waals surface area contributed by atoms with Crippen LogP contribution >= 0.6 is 0 Å². The van der Waals surface area contributed by atoms with Crippen LogP contribution in [-0.4, -0.2) is 36.5 Å². The predicted molar refractivity (Wildman–Crippen MR) is 103 cm³/mol. The maximum atomic E-state index is 12.2. The first-order chi connectivity index (χ1) is 12.3. The highest BCUT2D eigenvalue weighted by Gasteiger charge is 2.11. The number of ether oxygens (including phenoxy) is 1. The summed E-state index contributed by atoms with van der Waals surface area (Å²) in [5, 5.41) is 2.84. The van der Waals surface area contributed by atoms with E-state index in [-0.39, 0.29) is 24.5 Å². The molecule has 0 heterocycles. The van der Waals surface area contributed by atoms with Gasteiger partial charge in [0, 0.05) is 12.2 Å². The lowest BCUT2D eigenvalue weighted by Crippen LogP contribution is -2.29. The van der Waals surface area contributed by atoms with Crippen molar-refractivity contribution >= 4 is 17.6 Å². The number of rotatable bonds is 7. The summed E-state index contributed by atoms with van der Waals surface area (Å²) >= 11 is 0. The fourth-order valence-electron chi connectivity index (χ4n) is 2.48. The van der Waals surface area contributed by atoms with E-state index >= 15 is 0 Å². The molecule has 1 N–H and O–H groups in total. The predicted octanol–water partition coefficient (Wildman–Crippen LogP) is 3.63. The smallest absolute Gasteiger partial charge is 0.338 e. The monoisotopic (exact) mass is 354 g/mol. The second-order valence-corrected chi connectivity index (χ2v) is 6.74. The SMILES string of the molecule is Cc1ccc(CN(C)CC(=O)Nc2ccc(C(=O)OC(C)C)cc2)cc1. The largest absolute Gasteiger partial charge is 0.459 e. The molecule has 26 heavy (non-hydrogen) atoms. The summed E-state index contributed by atoms with van der Waals surface area (Å²) in [5.41, 5.74) is 3.50. The summed E-state index contributed by atoms with van der Waals surface area (Å²) in [5.74, 6) is -0.465. The summed E-state index contributed by atoms with van der Waals surface area (Å²) in [6.45, 7) is 6.65. The molecule has 0 aliphatic heterocycles. The number of anilines is 1. The zero-order valence-corrected chi connectivity index (χ0v) is 15.8. The molecule has 5 heteroatoms. The van der Waals surface area contributed by atoms with Crippen LogP contribution in [0.15, 0.2) is 48.5 Å². The summed E-state index contributed by atoms with van der Waals surface area (Å²) in [7, 11) is 1.91. The molecular weight excluding hydrogens is 328 g/mol. The third kappa shape index (κ3) is 6.33. The Labute approximate surface area is 155 Å². The average molecular weight is 354 g/mol. The lowest BCUT2D eigenvalue weighted by Gasteiger charge is -2.16. The molecule has 0 aliphatic carbocycles. The highest BCUT2D eigenvalue weighted by molar-refractivity contribution is 5.94. The molecular formula is C21H26N2O3. The highest BCUT2D eigenvalue weighted by atomic mass is 16.5. The van der Waals surface area contributed by atoms with E-state index in [1.165, 1.54) is 11.1 Å². The Kier molecular flexibility index (Phi) is 6.92. The Morgan fingerprint density at radius 1 is 1.04 bits per heavy atom. The number of esters is 1. The van der Waals surface area contributed by atoms with Crippen LogP contribution in [0.4, 0.5) is 5.69 Å². The van der Waals surface area contributed by atoms with Crippen molar-refractivity contribution in [3.63, 3.8) is 0 Å². The summed E-state index contributed by atoms with van der Waals surface area (Å²) in [6.07, 6.45) is -0.161. The number of carbonyl (C=O) groups excluding carboxylic acids is 2. The van der Waals surface area contributed by atoms with Crippen molar-refractivity contribution in [2.45, 2.75) is 33.4 Å². The minimum absolute atomic E-state index is 0.0999. The van der Waals surface area contributed by atoms with Crippen molar-refractivity contribution in [3.8, 4) is 0 Å². The van der Waals surface area contributed by atoms with Crippen molar-refractivity contribution in [2.75, 3.05) is 18.9 Å². The van der Waals surface area contributed by atoms with Gasteiger partial charge in [0.05, 0.1) is 18.2 Å². The van der Waals surface area contributed by atoms with Crippen molar-refractivity contribution in [1.29, 1.82) is 0 Å². The minimum atomic E-state index is -0.365. The molecule has 1 amide bonds. The van der Waals surface area contributed by atoms with E-state index in [2.05, 4.69) is 36.5 Å². The van der Waals surface area contributed by atoms with Gasteiger partial charge in [0.25, 0.3) is 0 Å². The van der Waals surface area contributed by atoms with E-state index in [1.54, 1.807) is 38.1 Å². The number of likely N-dealkylation sites (N-methyl/N-ethyl adjacent to an activating group) is 1. The van der Waals surface area contributed by atoms with E-state index in [0.717, 1.165) is 0 Å². The lowest BCUT2D eigenvalue weighted by atomic mass is 10.1. The second-order valence-electron chi connectivity index (χ2n) is 6.74. The van der Waals surface area contributed by atoms with Crippen molar-refractivity contribution in [2.24, 2.45) is 0 Å². The number of hydrogen-bond donors (Lipinski definition) is 1. The Morgan fingerprint density at radius 2 is 1.65 bits per heavy atom. The summed E-state index contributed by atoms with van der Waals surface area (Å²) in [4.78, 5) is 26.0. The van der Waals surface area contributed by atoms with Gasteiger partial charge < -0.3 is 10.1 Å². The number of amides is 1. The molecule has 0 saturated carbocycles. The molecule has 2 aromatic carbocycles. The molecule has 0 fully saturated rings. The fourth-order valence-corrected chi connectivity index (χ4v) is 2.48. The van der Waals surface area contributed by atoms with Crippen molar-refractivity contribution in [1.82, 2.24) is 4.90 Å². The summed E-state index contributed by atoms with van der Waals surface area (Å²) in [6, 6.07) is 15.0. The van der Waals surface area contributed by atoms with E-state index in [9.17, 15) is 9.59 Å². The van der Waals surface area contributed by atoms with Crippen LogP contribution in [0.3, 0.4) is 0 Å². The minimum Gasteiger partial charge on any atom is -0.459 e. The Balaban J connectivity index is 1.85. The molecule has 0 aliphatic rings. The molecule has 0 saturated heterocycles. The molecule has 138 valence electrons. The van der Waals surface area contributed by atoms with Crippen LogP contribution in [0.1, 0.15) is 35.3 Å². The number of nitrogens with one attached hydrogen (secondary N) is 1. The maximum absolute atomic E-state index is 12.2. The summed E-state index contributed by atoms with van der Waals surface area (Å²) < 4.78 is 5.14. The van der Waals surface area contributed by atoms with Gasteiger partial charge in [-0.2, -0.15) is 0 Å². The number of benzene rings is 2. The molecule has 0 unspecified atom stereocenters. The van der Waals surface area contributed by atoms with Gasteiger partial charge in [0.15, 0.2) is 0 Å². The Morgan fingerprint density at radius 3 is 2.23 bits per heavy atom. The van der Waals surface area contributed by atoms with Crippen molar-refractivity contribution < 1.29 is 14.3 Å². The maximum Gasteiger partial charge on any atom is 0.338 e. The topological polar surface area (TPSA) is 58.6 Å². The highest BCUT2D eigenvalue weighted by Crippen LogP contribution is 2.12. The van der Waals surface area contributed by atoms with Gasteiger partial charge in [0.2, 0.25) is 5.91 Å². The van der Waals surface area contributed by atoms with E-state index in [0.29, 0.717) is 17.8 Å². The zero-order chi connectivity index (χ0) is 19.1. The zero-order valence-electron chi connectivity index (χ0n) is 15.8. The number of hydrogen-bond acceptors (Lipinski definition) is 4. The van der Waals surface area contributed by atoms with Crippen molar-refractivity contribution in [3.05, 3.63) is 65.2 Å². The van der Waals surface area contributed by atoms with Crippen LogP contribution in [0.2, 0.25) is 0 Å². The number of aryl methyl sites for hydroxylation is 1. The molecule has 0 spiro atoms. The van der Waals surface area contributed by atoms with Gasteiger partial charge in [-0.25, -0.2) is 4.79 Å². The van der Waals surface area contributed by atoms with Crippen LogP contribution < -0.4 is 5.32 Å². The molecule has 0 aromatic heterocycles. The van der Waals surface area contributed by atoms with Crippen LogP contribution in [-0.2, 0) is 16.1 Å². The third-order valence-electron chi connectivity index (χ3n) is 3.73. The quantitative estimate of drug-likeness (QED) is 0.772. The fraction of sp³-hybridized carbons (Fsp3) is 0.333. The normalized spacial score (nSPS) is 10.8. The average Bonchev–Trinajstić information content (AvgIpc) is 2.56. The van der Waals surface area contributed by atoms with Gasteiger partial charge in [-0.3, -0.25) is 9.69 Å². The van der Waals surface area contributed by atoms with E-state index < -0.39 is 0 Å². The number of carbonyl (C=O) groups is 2. The Bertz CT molecular complexity index is 737. The number of nitrogens with zero attached hydrogens (tertiary/aromatic N) is 1. The molecule has 0 atom stereocenters. The standard InChI is InChI=1S/C21H26N2O3/c1-15(2)26-21(25)18-9-11-19(12-10-18)22-20(24)14-23(4)13-17-7-5-16(3)6-8-17/h5-12,15H,13-14H2,1-4H3,(H,22,24). The van der Waals surface area contributed by atoms with E-state index in [1.807, 2.05) is 11.9 Å². The second kappa shape index (κ2) is 9.15. The van der Waals surface area contributed by atoms with Gasteiger partial charge >= 0.3 is 5.97 Å². The lowest BCUT2D eigenvalue weighted by molar-refractivity contribution is -0.117. The van der Waals surface area contributed by atoms with Crippen LogP contribution in [0, 0.1) is 6.92 Å². The van der Waals surface area contributed by atoms with Crippen LogP contribution in [0.5, 0.6) is 0 Å². The van der Waals surface area contributed by atoms with Gasteiger partial charge in [0.1, 0.15) is 0 Å². The molecule has 2 aromatic rings. The third-order valence-corrected chi connectivity index (χ3v) is 3.73. The van der Waals surface area contributed by atoms with Gasteiger partial charge in [-0.1, -0.05) is 29.8 Å². The first-order valence-corrected chi connectivity index (χ1v) is 8.68. The first-order valence-electron chi connectivity index (χ1n) is 8.68. The molecule has 0 bridgehead atoms. The molecule has 0 radical (unpaired) electrons. The molecule has 5 nitrogen and oxygen atoms in total. The van der Waals surface area contributed by atoms with Gasteiger partial charge in [-0.15, -0.1) is 0 Å². The first kappa shape index (κ1) is 19.7. The molecule has 2 rings (SSSR count). The van der Waals surface area contributed by atoms with Gasteiger partial charge in [-0.05, 0) is 57.6 Å². The van der Waals surface area contributed by atoms with Crippen LogP contribution in [0.25, 0.3) is 0 Å². The van der Waals surface area contributed by atoms with E-state index in [4.69, 9.17) is 4.74 Å². The Hall–Kier alpha value is -2.66.